The Kier molecular flexibility index (Phi) is 12.4. The molecule has 0 bridgehead atoms. The van der Waals surface area contributed by atoms with Crippen molar-refractivity contribution in [2.45, 2.75) is 39.2 Å². The van der Waals surface area contributed by atoms with Gasteiger partial charge in [-0.1, -0.05) is 31.9 Å². The summed E-state index contributed by atoms with van der Waals surface area (Å²) in [5.74, 6) is 0. The number of methoxy groups -OCH3 is 1. The number of hydrogen-bond acceptors (Lipinski definition) is 3. The van der Waals surface area contributed by atoms with Crippen LogP contribution < -0.4 is 0 Å². The highest BCUT2D eigenvalue weighted by Crippen LogP contribution is 2.05. The van der Waals surface area contributed by atoms with Gasteiger partial charge in [0.2, 0.25) is 0 Å². The Bertz CT molecular complexity index is 157. The van der Waals surface area contributed by atoms with E-state index in [2.05, 4.69) is 13.0 Å². The van der Waals surface area contributed by atoms with Crippen molar-refractivity contribution in [3.05, 3.63) is 12.2 Å². The van der Waals surface area contributed by atoms with Crippen LogP contribution in [0.3, 0.4) is 0 Å². The fraction of sp³-hybridized carbons (Fsp3) is 0.846. The van der Waals surface area contributed by atoms with Gasteiger partial charge in [0.05, 0.1) is 25.9 Å². The van der Waals surface area contributed by atoms with Crippen LogP contribution in [0.25, 0.3) is 0 Å². The highest BCUT2D eigenvalue weighted by Gasteiger charge is 2.00. The molecule has 0 rings (SSSR count). The molecule has 16 heavy (non-hydrogen) atoms. The Balaban J connectivity index is 3.40. The maximum atomic E-state index is 5.37. The minimum atomic E-state index is 0.232. The molecule has 0 saturated carbocycles. The molecule has 0 spiro atoms. The van der Waals surface area contributed by atoms with E-state index in [0.717, 1.165) is 13.0 Å². The quantitative estimate of drug-likeness (QED) is 0.403. The number of hydrogen-bond donors (Lipinski definition) is 0. The topological polar surface area (TPSA) is 27.7 Å². The highest BCUT2D eigenvalue weighted by molar-refractivity contribution is 4.89. The summed E-state index contributed by atoms with van der Waals surface area (Å²) in [4.78, 5) is 0. The Hall–Kier alpha value is -0.380. The predicted molar refractivity (Wildman–Crippen MR) is 66.8 cm³/mol. The lowest BCUT2D eigenvalue weighted by atomic mass is 10.1. The first-order chi connectivity index (χ1) is 7.85. The van der Waals surface area contributed by atoms with Gasteiger partial charge < -0.3 is 14.2 Å². The van der Waals surface area contributed by atoms with Crippen molar-refractivity contribution in [1.82, 2.24) is 0 Å². The fourth-order valence-corrected chi connectivity index (χ4v) is 1.32. The second kappa shape index (κ2) is 12.7. The highest BCUT2D eigenvalue weighted by atomic mass is 16.5. The Morgan fingerprint density at radius 1 is 1.12 bits per heavy atom. The zero-order chi connectivity index (χ0) is 12.1. The first kappa shape index (κ1) is 15.6. The van der Waals surface area contributed by atoms with Crippen LogP contribution in [-0.4, -0.2) is 39.6 Å². The summed E-state index contributed by atoms with van der Waals surface area (Å²) in [6, 6.07) is 0. The Morgan fingerprint density at radius 2 is 1.88 bits per heavy atom. The molecule has 0 N–H and O–H groups in total. The van der Waals surface area contributed by atoms with Gasteiger partial charge in [-0.3, -0.25) is 0 Å². The van der Waals surface area contributed by atoms with Crippen molar-refractivity contribution in [2.75, 3.05) is 33.5 Å². The second-order valence-electron chi connectivity index (χ2n) is 3.62. The van der Waals surface area contributed by atoms with Gasteiger partial charge in [-0.2, -0.15) is 0 Å². The van der Waals surface area contributed by atoms with Crippen molar-refractivity contribution in [2.24, 2.45) is 0 Å². The molecule has 0 aromatic rings. The zero-order valence-corrected chi connectivity index (χ0v) is 10.9. The van der Waals surface area contributed by atoms with Gasteiger partial charge in [-0.05, 0) is 13.3 Å². The van der Waals surface area contributed by atoms with Crippen molar-refractivity contribution >= 4 is 0 Å². The number of rotatable bonds is 11. The lowest BCUT2D eigenvalue weighted by Gasteiger charge is -2.09. The summed E-state index contributed by atoms with van der Waals surface area (Å²) in [6.07, 6.45) is 7.83. The van der Waals surface area contributed by atoms with Gasteiger partial charge in [0.1, 0.15) is 0 Å². The molecule has 96 valence electrons. The largest absolute Gasteiger partial charge is 0.379 e. The third-order valence-corrected chi connectivity index (χ3v) is 2.29. The van der Waals surface area contributed by atoms with E-state index in [0.29, 0.717) is 19.8 Å². The molecule has 0 saturated heterocycles. The van der Waals surface area contributed by atoms with E-state index >= 15 is 0 Å². The lowest BCUT2D eigenvalue weighted by Crippen LogP contribution is -2.07. The molecule has 0 aromatic heterocycles. The smallest absolute Gasteiger partial charge is 0.0752 e. The fourth-order valence-electron chi connectivity index (χ4n) is 1.32. The molecule has 1 atom stereocenters. The molecule has 0 aliphatic rings. The van der Waals surface area contributed by atoms with Crippen molar-refractivity contribution < 1.29 is 14.2 Å². The van der Waals surface area contributed by atoms with Gasteiger partial charge in [-0.15, -0.1) is 0 Å². The molecule has 0 aliphatic heterocycles. The van der Waals surface area contributed by atoms with Crippen LogP contribution in [0.15, 0.2) is 12.2 Å². The molecular formula is C13H26O3. The summed E-state index contributed by atoms with van der Waals surface area (Å²) in [6.45, 7) is 6.89. The summed E-state index contributed by atoms with van der Waals surface area (Å²) in [7, 11) is 1.75. The van der Waals surface area contributed by atoms with Crippen LogP contribution in [0.1, 0.15) is 33.1 Å². The normalized spacial score (nSPS) is 13.4. The van der Waals surface area contributed by atoms with E-state index in [9.17, 15) is 0 Å². The Morgan fingerprint density at radius 3 is 2.50 bits per heavy atom. The molecule has 0 aliphatic carbocycles. The van der Waals surface area contributed by atoms with Crippen molar-refractivity contribution in [3.8, 4) is 0 Å². The molecule has 0 amide bonds. The van der Waals surface area contributed by atoms with E-state index in [4.69, 9.17) is 14.2 Å². The maximum absolute atomic E-state index is 5.37. The third-order valence-electron chi connectivity index (χ3n) is 2.29. The standard InChI is InChI=1S/C13H26O3/c1-4-6-8-13(14-3)9-7-10-16-12-11-15-5-2/h7,9,13H,4-6,8,10-12H2,1-3H3/b9-7-. The van der Waals surface area contributed by atoms with E-state index in [-0.39, 0.29) is 6.10 Å². The lowest BCUT2D eigenvalue weighted by molar-refractivity contribution is 0.0638. The summed E-state index contributed by atoms with van der Waals surface area (Å²) >= 11 is 0. The van der Waals surface area contributed by atoms with E-state index < -0.39 is 0 Å². The molecular weight excluding hydrogens is 204 g/mol. The maximum Gasteiger partial charge on any atom is 0.0752 e. The minimum Gasteiger partial charge on any atom is -0.379 e. The van der Waals surface area contributed by atoms with Gasteiger partial charge in [0.25, 0.3) is 0 Å². The van der Waals surface area contributed by atoms with E-state index in [1.807, 2.05) is 13.0 Å². The number of unbranched alkanes of at least 4 members (excludes halogenated alkanes) is 1. The summed E-state index contributed by atoms with van der Waals surface area (Å²) in [5.41, 5.74) is 0. The first-order valence-corrected chi connectivity index (χ1v) is 6.20. The Labute approximate surface area is 99.8 Å². The average Bonchev–Trinajstić information content (AvgIpc) is 2.32. The monoisotopic (exact) mass is 230 g/mol. The van der Waals surface area contributed by atoms with Crippen LogP contribution in [0.4, 0.5) is 0 Å². The SMILES string of the molecule is CCCCC(/C=C\COCCOCC)OC. The van der Waals surface area contributed by atoms with Crippen LogP contribution in [-0.2, 0) is 14.2 Å². The number of ether oxygens (including phenoxy) is 3. The van der Waals surface area contributed by atoms with Crippen LogP contribution in [0, 0.1) is 0 Å². The zero-order valence-electron chi connectivity index (χ0n) is 10.9. The van der Waals surface area contributed by atoms with E-state index in [1.54, 1.807) is 7.11 Å². The van der Waals surface area contributed by atoms with Gasteiger partial charge in [0.15, 0.2) is 0 Å². The minimum absolute atomic E-state index is 0.232. The molecule has 0 heterocycles. The summed E-state index contributed by atoms with van der Waals surface area (Å²) < 4.78 is 15.9. The third kappa shape index (κ3) is 10.1. The van der Waals surface area contributed by atoms with Gasteiger partial charge >= 0.3 is 0 Å². The van der Waals surface area contributed by atoms with Gasteiger partial charge in [-0.25, -0.2) is 0 Å². The van der Waals surface area contributed by atoms with Crippen molar-refractivity contribution in [1.29, 1.82) is 0 Å². The van der Waals surface area contributed by atoms with Crippen LogP contribution >= 0.6 is 0 Å². The van der Waals surface area contributed by atoms with Crippen molar-refractivity contribution in [3.63, 3.8) is 0 Å². The average molecular weight is 230 g/mol. The first-order valence-electron chi connectivity index (χ1n) is 6.20. The summed E-state index contributed by atoms with van der Waals surface area (Å²) in [5, 5.41) is 0. The molecule has 0 fully saturated rings. The van der Waals surface area contributed by atoms with Crippen LogP contribution in [0.2, 0.25) is 0 Å². The molecule has 3 nitrogen and oxygen atoms in total. The molecule has 1 unspecified atom stereocenters. The van der Waals surface area contributed by atoms with E-state index in [1.165, 1.54) is 12.8 Å². The van der Waals surface area contributed by atoms with Gasteiger partial charge in [0, 0.05) is 13.7 Å². The second-order valence-corrected chi connectivity index (χ2v) is 3.62. The predicted octanol–water partition coefficient (Wildman–Crippen LogP) is 2.80. The molecule has 0 radical (unpaired) electrons. The molecule has 0 aromatic carbocycles. The molecule has 3 heteroatoms. The van der Waals surface area contributed by atoms with Crippen LogP contribution in [0.5, 0.6) is 0 Å².